The number of para-hydroxylation sites is 3. The number of nitrogens with one attached hydrogen (secondary N) is 1. The molecule has 1 unspecified atom stereocenters. The summed E-state index contributed by atoms with van der Waals surface area (Å²) in [5.41, 5.74) is 2.04. The van der Waals surface area contributed by atoms with Gasteiger partial charge in [-0.15, -0.1) is 0 Å². The minimum absolute atomic E-state index is 0.0752. The molecule has 0 spiro atoms. The van der Waals surface area contributed by atoms with E-state index in [9.17, 15) is 14.9 Å². The number of fused-ring (bicyclic) bond motifs is 3. The Kier molecular flexibility index (Phi) is 4.59. The second kappa shape index (κ2) is 7.20. The Morgan fingerprint density at radius 3 is 2.89 bits per heavy atom. The van der Waals surface area contributed by atoms with Gasteiger partial charge in [-0.3, -0.25) is 14.9 Å². The van der Waals surface area contributed by atoms with E-state index in [0.717, 1.165) is 17.7 Å². The third-order valence-corrected chi connectivity index (χ3v) is 5.19. The van der Waals surface area contributed by atoms with E-state index in [-0.39, 0.29) is 29.1 Å². The number of carbonyl (C=O) groups excluding carboxylic acids is 1. The average molecular weight is 381 g/mol. The highest BCUT2D eigenvalue weighted by Crippen LogP contribution is 2.40. The molecule has 0 bridgehead atoms. The summed E-state index contributed by atoms with van der Waals surface area (Å²) in [6.07, 6.45) is 2.63. The summed E-state index contributed by atoms with van der Waals surface area (Å²) in [7, 11) is 0. The van der Waals surface area contributed by atoms with Crippen LogP contribution in [0, 0.1) is 10.1 Å². The molecule has 27 heavy (non-hydrogen) atoms. The summed E-state index contributed by atoms with van der Waals surface area (Å²) in [5, 5.41) is 20.5. The van der Waals surface area contributed by atoms with Crippen molar-refractivity contribution >= 4 is 46.1 Å². The lowest BCUT2D eigenvalue weighted by molar-refractivity contribution is -0.383. The molecule has 0 saturated heterocycles. The minimum Gasteiger partial charge on any atom is -0.320 e. The molecule has 2 aliphatic heterocycles. The van der Waals surface area contributed by atoms with Crippen LogP contribution in [0.25, 0.3) is 0 Å². The van der Waals surface area contributed by atoms with Crippen molar-refractivity contribution in [3.8, 4) is 0 Å². The number of amides is 1. The number of anilines is 1. The van der Waals surface area contributed by atoms with Crippen LogP contribution in [0.15, 0.2) is 58.6 Å². The largest absolute Gasteiger partial charge is 0.320 e. The number of hydrazone groups is 1. The maximum absolute atomic E-state index is 12.3. The molecule has 0 aliphatic carbocycles. The summed E-state index contributed by atoms with van der Waals surface area (Å²) in [6, 6.07) is 14.0. The maximum atomic E-state index is 12.3. The topological polar surface area (TPSA) is 100 Å². The quantitative estimate of drug-likeness (QED) is 0.643. The van der Waals surface area contributed by atoms with Crippen LogP contribution in [0.4, 0.5) is 17.1 Å². The summed E-state index contributed by atoms with van der Waals surface area (Å²) in [5.74, 6) is -0.262. The highest BCUT2D eigenvalue weighted by molar-refractivity contribution is 8.14. The standard InChI is InChI=1S/C18H15N5O3S/c24-17(20-14-7-3-4-8-16(14)23(25)26)11-27-18-21-13-6-2-1-5-12(13)15-9-10-19-22(15)18/h1-8,10,15H,9,11H2,(H,20,24). The number of nitro groups is 1. The fourth-order valence-electron chi connectivity index (χ4n) is 3.04. The Labute approximate surface area is 159 Å². The van der Waals surface area contributed by atoms with Crippen LogP contribution < -0.4 is 5.32 Å². The molecule has 1 N–H and O–H groups in total. The maximum Gasteiger partial charge on any atom is 0.292 e. The number of amidine groups is 1. The average Bonchev–Trinajstić information content (AvgIpc) is 3.17. The van der Waals surface area contributed by atoms with Crippen molar-refractivity contribution in [2.24, 2.45) is 10.1 Å². The first-order valence-electron chi connectivity index (χ1n) is 8.29. The molecule has 0 fully saturated rings. The first-order chi connectivity index (χ1) is 13.1. The van der Waals surface area contributed by atoms with E-state index in [0.29, 0.717) is 5.17 Å². The zero-order valence-corrected chi connectivity index (χ0v) is 14.9. The first kappa shape index (κ1) is 17.2. The number of hydrogen-bond acceptors (Lipinski definition) is 7. The van der Waals surface area contributed by atoms with Crippen molar-refractivity contribution in [2.45, 2.75) is 12.5 Å². The molecule has 8 nitrogen and oxygen atoms in total. The van der Waals surface area contributed by atoms with E-state index < -0.39 is 4.92 Å². The molecule has 1 amide bonds. The zero-order chi connectivity index (χ0) is 18.8. The molecule has 2 aliphatic rings. The summed E-state index contributed by atoms with van der Waals surface area (Å²) in [4.78, 5) is 27.5. The van der Waals surface area contributed by atoms with Crippen LogP contribution in [-0.2, 0) is 4.79 Å². The Bertz CT molecular complexity index is 975. The van der Waals surface area contributed by atoms with Crippen LogP contribution in [0.3, 0.4) is 0 Å². The second-order valence-corrected chi connectivity index (χ2v) is 6.90. The Morgan fingerprint density at radius 2 is 2.04 bits per heavy atom. The van der Waals surface area contributed by atoms with Crippen LogP contribution in [0.1, 0.15) is 18.0 Å². The van der Waals surface area contributed by atoms with Gasteiger partial charge in [0.1, 0.15) is 5.69 Å². The van der Waals surface area contributed by atoms with Gasteiger partial charge in [-0.05, 0) is 12.1 Å². The molecule has 0 saturated carbocycles. The van der Waals surface area contributed by atoms with Crippen molar-refractivity contribution in [1.29, 1.82) is 0 Å². The monoisotopic (exact) mass is 381 g/mol. The fourth-order valence-corrected chi connectivity index (χ4v) is 3.84. The Morgan fingerprint density at radius 1 is 1.26 bits per heavy atom. The molecule has 2 aromatic carbocycles. The Balaban J connectivity index is 1.47. The van der Waals surface area contributed by atoms with E-state index in [4.69, 9.17) is 0 Å². The van der Waals surface area contributed by atoms with Gasteiger partial charge >= 0.3 is 0 Å². The molecule has 9 heteroatoms. The van der Waals surface area contributed by atoms with Gasteiger partial charge in [-0.1, -0.05) is 42.1 Å². The number of thioether (sulfide) groups is 1. The number of benzene rings is 2. The number of carbonyl (C=O) groups is 1. The van der Waals surface area contributed by atoms with E-state index in [2.05, 4.69) is 15.4 Å². The van der Waals surface area contributed by atoms with E-state index in [1.165, 1.54) is 23.9 Å². The second-order valence-electron chi connectivity index (χ2n) is 5.96. The van der Waals surface area contributed by atoms with Crippen molar-refractivity contribution in [3.63, 3.8) is 0 Å². The number of nitrogens with zero attached hydrogens (tertiary/aromatic N) is 4. The first-order valence-corrected chi connectivity index (χ1v) is 9.27. The van der Waals surface area contributed by atoms with Gasteiger partial charge in [0.05, 0.1) is 22.4 Å². The van der Waals surface area contributed by atoms with Gasteiger partial charge in [0.25, 0.3) is 5.69 Å². The third-order valence-electron chi connectivity index (χ3n) is 4.24. The molecule has 1 atom stereocenters. The van der Waals surface area contributed by atoms with Crippen LogP contribution in [-0.4, -0.2) is 33.0 Å². The normalized spacial score (nSPS) is 17.1. The van der Waals surface area contributed by atoms with Gasteiger partial charge in [-0.2, -0.15) is 5.10 Å². The predicted molar refractivity (Wildman–Crippen MR) is 105 cm³/mol. The van der Waals surface area contributed by atoms with Crippen LogP contribution in [0.2, 0.25) is 0 Å². The highest BCUT2D eigenvalue weighted by Gasteiger charge is 2.32. The number of rotatable bonds is 4. The van der Waals surface area contributed by atoms with E-state index in [1.54, 1.807) is 12.1 Å². The molecular formula is C18H15N5O3S. The van der Waals surface area contributed by atoms with Crippen molar-refractivity contribution in [2.75, 3.05) is 11.1 Å². The number of aliphatic imine (C=N–C) groups is 1. The van der Waals surface area contributed by atoms with Crippen LogP contribution >= 0.6 is 11.8 Å². The van der Waals surface area contributed by atoms with E-state index >= 15 is 0 Å². The summed E-state index contributed by atoms with van der Waals surface area (Å²) in [6.45, 7) is 0. The van der Waals surface area contributed by atoms with Crippen molar-refractivity contribution < 1.29 is 9.72 Å². The molecule has 136 valence electrons. The SMILES string of the molecule is O=C(CSC1=Nc2ccccc2C2CC=NN12)Nc1ccccc1[N+](=O)[O-]. The molecular weight excluding hydrogens is 366 g/mol. The lowest BCUT2D eigenvalue weighted by atomic mass is 10.0. The van der Waals surface area contributed by atoms with Crippen LogP contribution in [0.5, 0.6) is 0 Å². The van der Waals surface area contributed by atoms with Gasteiger partial charge in [-0.25, -0.2) is 10.0 Å². The Hall–Kier alpha value is -3.20. The smallest absolute Gasteiger partial charge is 0.292 e. The van der Waals surface area contributed by atoms with E-state index in [1.807, 2.05) is 35.5 Å². The van der Waals surface area contributed by atoms with Gasteiger partial charge < -0.3 is 5.32 Å². The molecule has 0 radical (unpaired) electrons. The predicted octanol–water partition coefficient (Wildman–Crippen LogP) is 3.70. The summed E-state index contributed by atoms with van der Waals surface area (Å²) >= 11 is 1.26. The molecule has 0 aromatic heterocycles. The third kappa shape index (κ3) is 3.41. The van der Waals surface area contributed by atoms with Crippen molar-refractivity contribution in [3.05, 3.63) is 64.2 Å². The highest BCUT2D eigenvalue weighted by atomic mass is 32.2. The number of hydrogen-bond donors (Lipinski definition) is 1. The molecule has 2 aromatic rings. The summed E-state index contributed by atoms with van der Waals surface area (Å²) < 4.78 is 0. The lowest BCUT2D eigenvalue weighted by Gasteiger charge is -2.29. The fraction of sp³-hybridized carbons (Fsp3) is 0.167. The number of nitro benzene ring substituents is 1. The van der Waals surface area contributed by atoms with Crippen molar-refractivity contribution in [1.82, 2.24) is 5.01 Å². The van der Waals surface area contributed by atoms with Gasteiger partial charge in [0.15, 0.2) is 5.17 Å². The zero-order valence-electron chi connectivity index (χ0n) is 14.1. The minimum atomic E-state index is -0.519. The molecule has 4 rings (SSSR count). The van der Waals surface area contributed by atoms with Gasteiger partial charge in [0, 0.05) is 24.3 Å². The van der Waals surface area contributed by atoms with Gasteiger partial charge in [0.2, 0.25) is 5.91 Å². The lowest BCUT2D eigenvalue weighted by Crippen LogP contribution is -2.29. The molecule has 2 heterocycles.